The second-order valence-electron chi connectivity index (χ2n) is 5.61. The number of anilines is 1. The van der Waals surface area contributed by atoms with Crippen molar-refractivity contribution in [2.75, 3.05) is 30.9 Å². The molecule has 0 atom stereocenters. The topological polar surface area (TPSA) is 117 Å². The first-order valence-corrected chi connectivity index (χ1v) is 9.22. The van der Waals surface area contributed by atoms with Crippen LogP contribution in [0.15, 0.2) is 47.4 Å². The summed E-state index contributed by atoms with van der Waals surface area (Å²) in [7, 11) is 0. The Morgan fingerprint density at radius 2 is 1.93 bits per heavy atom. The van der Waals surface area contributed by atoms with Gasteiger partial charge in [0.05, 0.1) is 10.7 Å². The summed E-state index contributed by atoms with van der Waals surface area (Å²) in [5.74, 6) is 0.160. The van der Waals surface area contributed by atoms with Crippen molar-refractivity contribution in [3.05, 3.63) is 52.6 Å². The normalized spacial score (nSPS) is 12.1. The number of fused-ring (bicyclic) bond motifs is 1. The van der Waals surface area contributed by atoms with Crippen LogP contribution >= 0.6 is 11.8 Å². The number of non-ortho nitro benzene ring substituents is 1. The molecule has 2 aromatic carbocycles. The number of nitro groups is 1. The van der Waals surface area contributed by atoms with Crippen molar-refractivity contribution in [3.8, 4) is 11.5 Å². The summed E-state index contributed by atoms with van der Waals surface area (Å²) < 4.78 is 15.8. The maximum absolute atomic E-state index is 11.8. The van der Waals surface area contributed by atoms with E-state index in [9.17, 15) is 19.7 Å². The second kappa shape index (κ2) is 9.09. The first-order valence-electron chi connectivity index (χ1n) is 8.23. The Morgan fingerprint density at radius 1 is 1.14 bits per heavy atom. The van der Waals surface area contributed by atoms with Gasteiger partial charge in [-0.2, -0.15) is 0 Å². The van der Waals surface area contributed by atoms with Gasteiger partial charge in [0.15, 0.2) is 18.1 Å². The van der Waals surface area contributed by atoms with Crippen molar-refractivity contribution < 1.29 is 28.7 Å². The molecule has 0 radical (unpaired) electrons. The molecule has 1 amide bonds. The lowest BCUT2D eigenvalue weighted by molar-refractivity contribution is -0.384. The molecule has 1 aliphatic rings. The summed E-state index contributed by atoms with van der Waals surface area (Å²) in [4.78, 5) is 34.6. The fourth-order valence-corrected chi connectivity index (χ4v) is 3.06. The Hall–Kier alpha value is -3.27. The molecule has 0 saturated carbocycles. The van der Waals surface area contributed by atoms with Crippen molar-refractivity contribution in [2.24, 2.45) is 0 Å². The molecule has 3 rings (SSSR count). The molecule has 1 heterocycles. The van der Waals surface area contributed by atoms with Crippen molar-refractivity contribution >= 4 is 35.0 Å². The van der Waals surface area contributed by atoms with Gasteiger partial charge in [-0.05, 0) is 24.3 Å². The van der Waals surface area contributed by atoms with E-state index in [1.807, 2.05) is 0 Å². The summed E-state index contributed by atoms with van der Waals surface area (Å²) in [6.45, 7) is 0.496. The molecule has 0 aliphatic carbocycles. The van der Waals surface area contributed by atoms with E-state index in [2.05, 4.69) is 5.32 Å². The van der Waals surface area contributed by atoms with Gasteiger partial charge in [-0.25, -0.2) is 0 Å². The SMILES string of the molecule is O=C(COC(=O)CSc1ccc2c(c1)OCCO2)Nc1cccc([N+](=O)[O-])c1. The van der Waals surface area contributed by atoms with Crippen molar-refractivity contribution in [2.45, 2.75) is 4.90 Å². The molecular weight excluding hydrogens is 388 g/mol. The van der Waals surface area contributed by atoms with Gasteiger partial charge in [0.2, 0.25) is 0 Å². The molecule has 0 aromatic heterocycles. The third-order valence-corrected chi connectivity index (χ3v) is 4.54. The smallest absolute Gasteiger partial charge is 0.316 e. The Kier molecular flexibility index (Phi) is 6.33. The number of amides is 1. The Labute approximate surface area is 164 Å². The molecule has 28 heavy (non-hydrogen) atoms. The number of carbonyl (C=O) groups is 2. The summed E-state index contributed by atoms with van der Waals surface area (Å²) in [6.07, 6.45) is 0. The van der Waals surface area contributed by atoms with Crippen LogP contribution in [0.1, 0.15) is 0 Å². The standard InChI is InChI=1S/C18H16N2O7S/c21-17(19-12-2-1-3-13(8-12)20(23)24)10-27-18(22)11-28-14-4-5-15-16(9-14)26-7-6-25-15/h1-5,8-9H,6-7,10-11H2,(H,19,21). The highest BCUT2D eigenvalue weighted by atomic mass is 32.2. The number of nitrogens with one attached hydrogen (secondary N) is 1. The van der Waals surface area contributed by atoms with Gasteiger partial charge in [0, 0.05) is 22.7 Å². The van der Waals surface area contributed by atoms with Gasteiger partial charge in [-0.3, -0.25) is 19.7 Å². The number of rotatable bonds is 7. The second-order valence-corrected chi connectivity index (χ2v) is 6.66. The molecule has 1 aliphatic heterocycles. The molecule has 2 aromatic rings. The highest BCUT2D eigenvalue weighted by Crippen LogP contribution is 2.34. The summed E-state index contributed by atoms with van der Waals surface area (Å²) in [6, 6.07) is 10.8. The number of esters is 1. The quantitative estimate of drug-likeness (QED) is 0.324. The zero-order valence-electron chi connectivity index (χ0n) is 14.6. The third kappa shape index (κ3) is 5.36. The van der Waals surface area contributed by atoms with Crippen LogP contribution in [0, 0.1) is 10.1 Å². The van der Waals surface area contributed by atoms with Crippen LogP contribution in [0.4, 0.5) is 11.4 Å². The van der Waals surface area contributed by atoms with Gasteiger partial charge in [-0.1, -0.05) is 6.07 Å². The number of nitrogens with zero attached hydrogens (tertiary/aromatic N) is 1. The van der Waals surface area contributed by atoms with Crippen LogP contribution in [0.3, 0.4) is 0 Å². The van der Waals surface area contributed by atoms with Crippen LogP contribution in [0.2, 0.25) is 0 Å². The van der Waals surface area contributed by atoms with E-state index in [0.717, 1.165) is 4.90 Å². The zero-order valence-corrected chi connectivity index (χ0v) is 15.4. The van der Waals surface area contributed by atoms with Gasteiger partial charge in [0.1, 0.15) is 13.2 Å². The lowest BCUT2D eigenvalue weighted by Gasteiger charge is -2.18. The van der Waals surface area contributed by atoms with Crippen LogP contribution in [-0.4, -0.2) is 42.4 Å². The molecule has 0 spiro atoms. The number of hydrogen-bond acceptors (Lipinski definition) is 8. The number of thioether (sulfide) groups is 1. The summed E-state index contributed by atoms with van der Waals surface area (Å²) in [5, 5.41) is 13.2. The first-order chi connectivity index (χ1) is 13.5. The zero-order chi connectivity index (χ0) is 19.9. The van der Waals surface area contributed by atoms with Crippen LogP contribution in [0.25, 0.3) is 0 Å². The number of carbonyl (C=O) groups excluding carboxylic acids is 2. The third-order valence-electron chi connectivity index (χ3n) is 3.58. The number of nitro benzene ring substituents is 1. The number of benzene rings is 2. The predicted molar refractivity (Wildman–Crippen MR) is 101 cm³/mol. The minimum Gasteiger partial charge on any atom is -0.486 e. The minimum absolute atomic E-state index is 0.0176. The molecule has 146 valence electrons. The van der Waals surface area contributed by atoms with E-state index in [1.54, 1.807) is 18.2 Å². The number of ether oxygens (including phenoxy) is 3. The molecule has 0 fully saturated rings. The fourth-order valence-electron chi connectivity index (χ4n) is 2.34. The largest absolute Gasteiger partial charge is 0.486 e. The molecule has 1 N–H and O–H groups in total. The Balaban J connectivity index is 1.43. The van der Waals surface area contributed by atoms with E-state index in [1.165, 1.54) is 36.0 Å². The van der Waals surface area contributed by atoms with E-state index in [-0.39, 0.29) is 17.1 Å². The number of hydrogen-bond donors (Lipinski definition) is 1. The van der Waals surface area contributed by atoms with Gasteiger partial charge in [0.25, 0.3) is 11.6 Å². The molecule has 10 heteroatoms. The molecular formula is C18H16N2O7S. The molecule has 0 saturated heterocycles. The Morgan fingerprint density at radius 3 is 2.71 bits per heavy atom. The van der Waals surface area contributed by atoms with Crippen molar-refractivity contribution in [1.82, 2.24) is 0 Å². The average molecular weight is 404 g/mol. The monoisotopic (exact) mass is 404 g/mol. The fraction of sp³-hybridized carbons (Fsp3) is 0.222. The molecule has 0 bridgehead atoms. The molecule has 9 nitrogen and oxygen atoms in total. The van der Waals surface area contributed by atoms with E-state index >= 15 is 0 Å². The van der Waals surface area contributed by atoms with Gasteiger partial charge < -0.3 is 19.5 Å². The van der Waals surface area contributed by atoms with E-state index < -0.39 is 23.4 Å². The van der Waals surface area contributed by atoms with Gasteiger partial charge >= 0.3 is 5.97 Å². The summed E-state index contributed by atoms with van der Waals surface area (Å²) in [5.41, 5.74) is 0.103. The minimum atomic E-state index is -0.585. The summed E-state index contributed by atoms with van der Waals surface area (Å²) >= 11 is 1.25. The molecule has 0 unspecified atom stereocenters. The Bertz CT molecular complexity index is 903. The highest BCUT2D eigenvalue weighted by molar-refractivity contribution is 8.00. The predicted octanol–water partition coefficient (Wildman–Crippen LogP) is 2.64. The van der Waals surface area contributed by atoms with Gasteiger partial charge in [-0.15, -0.1) is 11.8 Å². The van der Waals surface area contributed by atoms with Crippen LogP contribution < -0.4 is 14.8 Å². The lowest BCUT2D eigenvalue weighted by atomic mass is 10.3. The van der Waals surface area contributed by atoms with Crippen molar-refractivity contribution in [3.63, 3.8) is 0 Å². The maximum Gasteiger partial charge on any atom is 0.316 e. The highest BCUT2D eigenvalue weighted by Gasteiger charge is 2.14. The van der Waals surface area contributed by atoms with Crippen molar-refractivity contribution in [1.29, 1.82) is 0 Å². The lowest BCUT2D eigenvalue weighted by Crippen LogP contribution is -2.21. The van der Waals surface area contributed by atoms with E-state index in [0.29, 0.717) is 24.7 Å². The average Bonchev–Trinajstić information content (AvgIpc) is 2.70. The maximum atomic E-state index is 11.8. The first kappa shape index (κ1) is 19.5. The van der Waals surface area contributed by atoms with Crippen LogP contribution in [-0.2, 0) is 14.3 Å². The van der Waals surface area contributed by atoms with E-state index in [4.69, 9.17) is 14.2 Å². The van der Waals surface area contributed by atoms with Crippen LogP contribution in [0.5, 0.6) is 11.5 Å².